The van der Waals surface area contributed by atoms with Crippen LogP contribution in [-0.2, 0) is 9.59 Å². The van der Waals surface area contributed by atoms with Crippen LogP contribution < -0.4 is 5.32 Å². The average molecular weight is 251 g/mol. The van der Waals surface area contributed by atoms with Crippen LogP contribution >= 0.6 is 23.2 Å². The normalized spacial score (nSPS) is 29.3. The Kier molecular flexibility index (Phi) is 2.81. The number of nitrogens with zero attached hydrogens (tertiary/aromatic N) is 1. The number of carbonyl (C=O) groups is 2. The molecule has 2 rings (SSSR count). The number of alkyl halides is 2. The Bertz CT molecular complexity index is 306. The van der Waals surface area contributed by atoms with Gasteiger partial charge in [-0.25, -0.2) is 0 Å². The Morgan fingerprint density at radius 1 is 1.47 bits per heavy atom. The third kappa shape index (κ3) is 2.37. The molecule has 15 heavy (non-hydrogen) atoms. The smallest absolute Gasteiger partial charge is 0.228 e. The minimum atomic E-state index is -0.874. The fraction of sp³-hybridized carbons (Fsp3) is 0.778. The van der Waals surface area contributed by atoms with Gasteiger partial charge in [0.2, 0.25) is 11.8 Å². The van der Waals surface area contributed by atoms with Crippen LogP contribution in [-0.4, -0.2) is 40.7 Å². The van der Waals surface area contributed by atoms with Crippen molar-refractivity contribution in [1.82, 2.24) is 10.2 Å². The molecule has 4 nitrogen and oxygen atoms in total. The fourth-order valence-corrected chi connectivity index (χ4v) is 2.18. The lowest BCUT2D eigenvalue weighted by Crippen LogP contribution is -2.36. The van der Waals surface area contributed by atoms with Crippen molar-refractivity contribution in [2.24, 2.45) is 5.92 Å². The summed E-state index contributed by atoms with van der Waals surface area (Å²) in [6.45, 7) is 1.52. The Labute approximate surface area is 97.9 Å². The molecule has 2 amide bonds. The van der Waals surface area contributed by atoms with Crippen LogP contribution in [0.5, 0.6) is 0 Å². The van der Waals surface area contributed by atoms with Gasteiger partial charge in [0.05, 0.1) is 5.92 Å². The van der Waals surface area contributed by atoms with E-state index in [9.17, 15) is 9.59 Å². The van der Waals surface area contributed by atoms with Crippen LogP contribution in [0.25, 0.3) is 0 Å². The minimum absolute atomic E-state index is 0.0101. The van der Waals surface area contributed by atoms with Gasteiger partial charge >= 0.3 is 0 Å². The molecule has 1 saturated heterocycles. The summed E-state index contributed by atoms with van der Waals surface area (Å²) < 4.78 is -0.874. The highest BCUT2D eigenvalue weighted by Crippen LogP contribution is 2.53. The van der Waals surface area contributed by atoms with E-state index in [0.717, 1.165) is 0 Å². The van der Waals surface area contributed by atoms with Crippen LogP contribution in [0.3, 0.4) is 0 Å². The molecule has 0 aromatic rings. The molecule has 6 heteroatoms. The lowest BCUT2D eigenvalue weighted by Gasteiger charge is -2.19. The molecule has 1 aliphatic carbocycles. The first-order valence-corrected chi connectivity index (χ1v) is 5.69. The first-order valence-electron chi connectivity index (χ1n) is 4.94. The van der Waals surface area contributed by atoms with Crippen molar-refractivity contribution in [3.05, 3.63) is 0 Å². The number of amides is 2. The van der Waals surface area contributed by atoms with Gasteiger partial charge in [-0.2, -0.15) is 0 Å². The van der Waals surface area contributed by atoms with E-state index < -0.39 is 4.33 Å². The Morgan fingerprint density at radius 2 is 2.13 bits per heavy atom. The van der Waals surface area contributed by atoms with Crippen LogP contribution in [0, 0.1) is 5.92 Å². The molecule has 84 valence electrons. The summed E-state index contributed by atoms with van der Waals surface area (Å²) in [5, 5.41) is 2.71. The molecule has 1 saturated carbocycles. The van der Waals surface area contributed by atoms with Gasteiger partial charge in [-0.1, -0.05) is 0 Å². The van der Waals surface area contributed by atoms with E-state index in [1.807, 2.05) is 0 Å². The molecule has 0 radical (unpaired) electrons. The van der Waals surface area contributed by atoms with Crippen molar-refractivity contribution in [3.63, 3.8) is 0 Å². The molecule has 0 aromatic heterocycles. The van der Waals surface area contributed by atoms with Gasteiger partial charge in [-0.15, -0.1) is 23.2 Å². The molecule has 1 aliphatic heterocycles. The average Bonchev–Trinajstić information content (AvgIpc) is 2.84. The van der Waals surface area contributed by atoms with Gasteiger partial charge in [0.1, 0.15) is 4.33 Å². The monoisotopic (exact) mass is 250 g/mol. The number of nitrogens with one attached hydrogen (secondary N) is 1. The zero-order valence-electron chi connectivity index (χ0n) is 8.13. The van der Waals surface area contributed by atoms with E-state index >= 15 is 0 Å². The number of hydrogen-bond acceptors (Lipinski definition) is 2. The van der Waals surface area contributed by atoms with Crippen LogP contribution in [0.4, 0.5) is 0 Å². The van der Waals surface area contributed by atoms with E-state index in [4.69, 9.17) is 23.2 Å². The summed E-state index contributed by atoms with van der Waals surface area (Å²) in [5.41, 5.74) is 0. The molecule has 2 fully saturated rings. The molecular formula is C9H12Cl2N2O2. The van der Waals surface area contributed by atoms with Gasteiger partial charge in [-0.3, -0.25) is 9.59 Å². The van der Waals surface area contributed by atoms with Crippen molar-refractivity contribution < 1.29 is 9.59 Å². The highest BCUT2D eigenvalue weighted by atomic mass is 35.5. The third-order valence-electron chi connectivity index (χ3n) is 2.75. The van der Waals surface area contributed by atoms with Crippen molar-refractivity contribution >= 4 is 35.0 Å². The first kappa shape index (κ1) is 11.0. The summed E-state index contributed by atoms with van der Waals surface area (Å²) in [5.74, 6) is -0.324. The Balaban J connectivity index is 1.93. The molecule has 1 heterocycles. The van der Waals surface area contributed by atoms with E-state index in [-0.39, 0.29) is 17.7 Å². The number of hydrogen-bond donors (Lipinski definition) is 1. The zero-order valence-corrected chi connectivity index (χ0v) is 9.64. The maximum Gasteiger partial charge on any atom is 0.228 e. The first-order chi connectivity index (χ1) is 7.00. The fourth-order valence-electron chi connectivity index (χ4n) is 1.69. The predicted molar refractivity (Wildman–Crippen MR) is 56.8 cm³/mol. The summed E-state index contributed by atoms with van der Waals surface area (Å²) in [6.07, 6.45) is 0.878. The van der Waals surface area contributed by atoms with Crippen LogP contribution in [0.1, 0.15) is 12.8 Å². The molecule has 1 unspecified atom stereocenters. The standard InChI is InChI=1S/C9H12Cl2N2O2/c10-9(11)5-6(9)8(15)13-3-1-7(14)12-2-4-13/h6H,1-5H2,(H,12,14). The molecule has 2 aliphatic rings. The van der Waals surface area contributed by atoms with E-state index in [1.165, 1.54) is 0 Å². The highest BCUT2D eigenvalue weighted by molar-refractivity contribution is 6.52. The van der Waals surface area contributed by atoms with Gasteiger partial charge in [0.15, 0.2) is 0 Å². The van der Waals surface area contributed by atoms with Gasteiger partial charge < -0.3 is 10.2 Å². The minimum Gasteiger partial charge on any atom is -0.354 e. The summed E-state index contributed by atoms with van der Waals surface area (Å²) in [6, 6.07) is 0. The summed E-state index contributed by atoms with van der Waals surface area (Å²) in [7, 11) is 0. The van der Waals surface area contributed by atoms with Gasteiger partial charge in [0, 0.05) is 26.1 Å². The Morgan fingerprint density at radius 3 is 2.73 bits per heavy atom. The lowest BCUT2D eigenvalue weighted by molar-refractivity contribution is -0.132. The number of rotatable bonds is 1. The van der Waals surface area contributed by atoms with Crippen molar-refractivity contribution in [2.75, 3.05) is 19.6 Å². The molecule has 1 atom stereocenters. The highest BCUT2D eigenvalue weighted by Gasteiger charge is 2.57. The zero-order chi connectivity index (χ0) is 11.1. The Hall–Kier alpha value is -0.480. The molecule has 0 aromatic carbocycles. The van der Waals surface area contributed by atoms with E-state index in [0.29, 0.717) is 32.5 Å². The molecular weight excluding hydrogens is 239 g/mol. The van der Waals surface area contributed by atoms with Crippen molar-refractivity contribution in [3.8, 4) is 0 Å². The lowest BCUT2D eigenvalue weighted by atomic mass is 10.3. The van der Waals surface area contributed by atoms with Gasteiger partial charge in [-0.05, 0) is 6.42 Å². The van der Waals surface area contributed by atoms with Crippen molar-refractivity contribution in [1.29, 1.82) is 0 Å². The second-order valence-corrected chi connectivity index (χ2v) is 5.49. The molecule has 0 bridgehead atoms. The summed E-state index contributed by atoms with van der Waals surface area (Å²) >= 11 is 11.7. The van der Waals surface area contributed by atoms with Crippen LogP contribution in [0.2, 0.25) is 0 Å². The topological polar surface area (TPSA) is 49.4 Å². The van der Waals surface area contributed by atoms with E-state index in [1.54, 1.807) is 4.90 Å². The molecule has 0 spiro atoms. The quantitative estimate of drug-likeness (QED) is 0.691. The maximum absolute atomic E-state index is 11.9. The summed E-state index contributed by atoms with van der Waals surface area (Å²) in [4.78, 5) is 24.6. The second-order valence-electron chi connectivity index (χ2n) is 3.94. The molecule has 1 N–H and O–H groups in total. The maximum atomic E-state index is 11.9. The largest absolute Gasteiger partial charge is 0.354 e. The second kappa shape index (κ2) is 3.83. The van der Waals surface area contributed by atoms with E-state index in [2.05, 4.69) is 5.32 Å². The van der Waals surface area contributed by atoms with Gasteiger partial charge in [0.25, 0.3) is 0 Å². The van der Waals surface area contributed by atoms with Crippen LogP contribution in [0.15, 0.2) is 0 Å². The predicted octanol–water partition coefficient (Wildman–Crippen LogP) is 0.529. The van der Waals surface area contributed by atoms with Crippen molar-refractivity contribution in [2.45, 2.75) is 17.2 Å². The SMILES string of the molecule is O=C1CCN(C(=O)C2CC2(Cl)Cl)CCN1. The third-order valence-corrected chi connectivity index (χ3v) is 3.58. The number of carbonyl (C=O) groups excluding carboxylic acids is 2. The number of halogens is 2.